The van der Waals surface area contributed by atoms with Crippen molar-refractivity contribution >= 4 is 23.1 Å². The maximum absolute atomic E-state index is 11.2. The van der Waals surface area contributed by atoms with Gasteiger partial charge in [-0.25, -0.2) is 0 Å². The second-order valence-electron chi connectivity index (χ2n) is 4.81. The summed E-state index contributed by atoms with van der Waals surface area (Å²) in [6.07, 6.45) is 0.358. The number of nitro benzene ring substituents is 1. The van der Waals surface area contributed by atoms with Crippen molar-refractivity contribution in [3.63, 3.8) is 0 Å². The van der Waals surface area contributed by atoms with Gasteiger partial charge in [-0.2, -0.15) is 11.8 Å². The monoisotopic (exact) mass is 282 g/mol. The van der Waals surface area contributed by atoms with E-state index in [2.05, 4.69) is 0 Å². The van der Waals surface area contributed by atoms with Gasteiger partial charge in [-0.15, -0.1) is 0 Å². The molecule has 0 aliphatic carbocycles. The van der Waals surface area contributed by atoms with Crippen LogP contribution in [0.4, 0.5) is 11.4 Å². The normalized spacial score (nSPS) is 20.3. The summed E-state index contributed by atoms with van der Waals surface area (Å²) >= 11 is 1.88. The standard InChI is InChI=1S/C13H18N2O3S/c1-9(16)10-3-4-12(13(7-10)15(17)18)14(2)11-5-6-19-8-11/h3-4,7,9,11,16H,5-6,8H2,1-2H3. The molecule has 2 rings (SSSR count). The Balaban J connectivity index is 2.35. The van der Waals surface area contributed by atoms with E-state index in [4.69, 9.17) is 0 Å². The molecule has 6 heteroatoms. The Hall–Kier alpha value is -1.27. The molecule has 0 amide bonds. The van der Waals surface area contributed by atoms with Crippen LogP contribution in [-0.4, -0.2) is 34.6 Å². The van der Waals surface area contributed by atoms with Crippen LogP contribution in [0.5, 0.6) is 0 Å². The molecule has 1 aromatic carbocycles. The van der Waals surface area contributed by atoms with E-state index in [1.54, 1.807) is 19.1 Å². The van der Waals surface area contributed by atoms with Crippen molar-refractivity contribution in [2.24, 2.45) is 0 Å². The molecule has 1 fully saturated rings. The Labute approximate surface area is 116 Å². The molecular weight excluding hydrogens is 264 g/mol. The lowest BCUT2D eigenvalue weighted by atomic mass is 10.1. The number of benzene rings is 1. The van der Waals surface area contributed by atoms with Crippen LogP contribution in [0.15, 0.2) is 18.2 Å². The van der Waals surface area contributed by atoms with Gasteiger partial charge >= 0.3 is 0 Å². The highest BCUT2D eigenvalue weighted by molar-refractivity contribution is 7.99. The van der Waals surface area contributed by atoms with Crippen LogP contribution in [-0.2, 0) is 0 Å². The molecule has 1 N–H and O–H groups in total. The topological polar surface area (TPSA) is 66.6 Å². The zero-order chi connectivity index (χ0) is 14.0. The zero-order valence-electron chi connectivity index (χ0n) is 11.1. The third kappa shape index (κ3) is 3.01. The molecule has 1 aromatic rings. The van der Waals surface area contributed by atoms with Crippen molar-refractivity contribution in [1.82, 2.24) is 0 Å². The van der Waals surface area contributed by atoms with Gasteiger partial charge in [0.15, 0.2) is 0 Å². The van der Waals surface area contributed by atoms with Crippen LogP contribution in [0.25, 0.3) is 0 Å². The summed E-state index contributed by atoms with van der Waals surface area (Å²) in [5.74, 6) is 2.11. The van der Waals surface area contributed by atoms with Crippen molar-refractivity contribution in [1.29, 1.82) is 0 Å². The first-order valence-corrected chi connectivity index (χ1v) is 7.43. The summed E-state index contributed by atoms with van der Waals surface area (Å²) in [4.78, 5) is 12.8. The molecule has 1 aliphatic rings. The van der Waals surface area contributed by atoms with Gasteiger partial charge in [-0.1, -0.05) is 6.07 Å². The number of hydrogen-bond acceptors (Lipinski definition) is 5. The van der Waals surface area contributed by atoms with E-state index in [9.17, 15) is 15.2 Å². The highest BCUT2D eigenvalue weighted by atomic mass is 32.2. The molecule has 2 unspecified atom stereocenters. The maximum atomic E-state index is 11.2. The molecular formula is C13H18N2O3S. The molecule has 2 atom stereocenters. The number of aliphatic hydroxyl groups excluding tert-OH is 1. The molecule has 104 valence electrons. The predicted octanol–water partition coefficient (Wildman–Crippen LogP) is 2.59. The molecule has 0 saturated carbocycles. The summed E-state index contributed by atoms with van der Waals surface area (Å²) in [7, 11) is 1.90. The van der Waals surface area contributed by atoms with E-state index in [0.29, 0.717) is 17.3 Å². The molecule has 1 saturated heterocycles. The molecule has 1 aliphatic heterocycles. The molecule has 0 bridgehead atoms. The van der Waals surface area contributed by atoms with Crippen molar-refractivity contribution in [2.75, 3.05) is 23.5 Å². The van der Waals surface area contributed by atoms with E-state index in [1.165, 1.54) is 6.07 Å². The number of thioether (sulfide) groups is 1. The second-order valence-corrected chi connectivity index (χ2v) is 5.96. The maximum Gasteiger partial charge on any atom is 0.292 e. The number of aliphatic hydroxyl groups is 1. The largest absolute Gasteiger partial charge is 0.389 e. The molecule has 0 spiro atoms. The fraction of sp³-hybridized carbons (Fsp3) is 0.538. The van der Waals surface area contributed by atoms with Crippen molar-refractivity contribution in [3.05, 3.63) is 33.9 Å². The van der Waals surface area contributed by atoms with Gasteiger partial charge in [-0.05, 0) is 30.7 Å². The van der Waals surface area contributed by atoms with E-state index < -0.39 is 6.10 Å². The minimum Gasteiger partial charge on any atom is -0.389 e. The smallest absolute Gasteiger partial charge is 0.292 e. The van der Waals surface area contributed by atoms with E-state index in [0.717, 1.165) is 17.9 Å². The lowest BCUT2D eigenvalue weighted by Gasteiger charge is -2.26. The lowest BCUT2D eigenvalue weighted by molar-refractivity contribution is -0.384. The fourth-order valence-corrected chi connectivity index (χ4v) is 3.54. The number of hydrogen-bond donors (Lipinski definition) is 1. The van der Waals surface area contributed by atoms with Crippen LogP contribution in [0.1, 0.15) is 25.0 Å². The minimum atomic E-state index is -0.694. The molecule has 0 radical (unpaired) electrons. The Morgan fingerprint density at radius 1 is 1.58 bits per heavy atom. The minimum absolute atomic E-state index is 0.0674. The summed E-state index contributed by atoms with van der Waals surface area (Å²) in [5, 5.41) is 20.7. The Morgan fingerprint density at radius 3 is 2.84 bits per heavy atom. The third-order valence-electron chi connectivity index (χ3n) is 3.51. The van der Waals surface area contributed by atoms with Gasteiger partial charge in [0.05, 0.1) is 11.0 Å². The van der Waals surface area contributed by atoms with Gasteiger partial charge in [0.2, 0.25) is 0 Å². The lowest BCUT2D eigenvalue weighted by Crippen LogP contribution is -2.31. The van der Waals surface area contributed by atoms with Crippen molar-refractivity contribution < 1.29 is 10.0 Å². The molecule has 0 aromatic heterocycles. The van der Waals surface area contributed by atoms with Crippen LogP contribution in [0.2, 0.25) is 0 Å². The fourth-order valence-electron chi connectivity index (χ4n) is 2.27. The average Bonchev–Trinajstić information content (AvgIpc) is 2.90. The number of nitrogens with zero attached hydrogens (tertiary/aromatic N) is 2. The van der Waals surface area contributed by atoms with Crippen LogP contribution < -0.4 is 4.90 Å². The summed E-state index contributed by atoms with van der Waals surface area (Å²) in [6, 6.07) is 5.31. The SMILES string of the molecule is CC(O)c1ccc(N(C)C2CCSC2)c([N+](=O)[O-])c1. The van der Waals surface area contributed by atoms with Gasteiger partial charge in [-0.3, -0.25) is 10.1 Å². The van der Waals surface area contributed by atoms with Crippen LogP contribution in [0.3, 0.4) is 0 Å². The van der Waals surface area contributed by atoms with Crippen molar-refractivity contribution in [3.8, 4) is 0 Å². The number of anilines is 1. The summed E-state index contributed by atoms with van der Waals surface area (Å²) < 4.78 is 0. The van der Waals surface area contributed by atoms with E-state index in [-0.39, 0.29) is 10.6 Å². The molecule has 1 heterocycles. The Morgan fingerprint density at radius 2 is 2.32 bits per heavy atom. The third-order valence-corrected chi connectivity index (χ3v) is 4.66. The molecule has 5 nitrogen and oxygen atoms in total. The van der Waals surface area contributed by atoms with Crippen LogP contribution >= 0.6 is 11.8 Å². The van der Waals surface area contributed by atoms with E-state index in [1.807, 2.05) is 23.7 Å². The first kappa shape index (κ1) is 14.1. The number of rotatable bonds is 4. The van der Waals surface area contributed by atoms with Gasteiger partial charge < -0.3 is 10.0 Å². The first-order chi connectivity index (χ1) is 9.00. The molecule has 19 heavy (non-hydrogen) atoms. The zero-order valence-corrected chi connectivity index (χ0v) is 11.9. The predicted molar refractivity (Wildman–Crippen MR) is 77.9 cm³/mol. The van der Waals surface area contributed by atoms with Crippen LogP contribution in [0, 0.1) is 10.1 Å². The second kappa shape index (κ2) is 5.79. The summed E-state index contributed by atoms with van der Waals surface area (Å²) in [5.41, 5.74) is 1.27. The summed E-state index contributed by atoms with van der Waals surface area (Å²) in [6.45, 7) is 1.61. The first-order valence-electron chi connectivity index (χ1n) is 6.27. The highest BCUT2D eigenvalue weighted by Crippen LogP contribution is 2.34. The Kier molecular flexibility index (Phi) is 4.31. The van der Waals surface area contributed by atoms with Gasteiger partial charge in [0, 0.05) is 24.9 Å². The Bertz CT molecular complexity index is 473. The van der Waals surface area contributed by atoms with Gasteiger partial charge in [0.1, 0.15) is 5.69 Å². The van der Waals surface area contributed by atoms with Gasteiger partial charge in [0.25, 0.3) is 5.69 Å². The van der Waals surface area contributed by atoms with E-state index >= 15 is 0 Å². The average molecular weight is 282 g/mol. The quantitative estimate of drug-likeness (QED) is 0.679. The highest BCUT2D eigenvalue weighted by Gasteiger charge is 2.26. The van der Waals surface area contributed by atoms with Crippen molar-refractivity contribution in [2.45, 2.75) is 25.5 Å². The number of nitro groups is 1.